The van der Waals surface area contributed by atoms with Gasteiger partial charge in [-0.15, -0.1) is 0 Å². The van der Waals surface area contributed by atoms with Gasteiger partial charge in [-0.25, -0.2) is 4.39 Å². The maximum atomic E-state index is 13.3. The molecule has 0 bridgehead atoms. The third kappa shape index (κ3) is 5.73. The van der Waals surface area contributed by atoms with Crippen LogP contribution in [-0.4, -0.2) is 29.2 Å². The molecule has 17 heavy (non-hydrogen) atoms. The number of thioether (sulfide) groups is 1. The summed E-state index contributed by atoms with van der Waals surface area (Å²) >= 11 is 1.65. The van der Waals surface area contributed by atoms with Crippen molar-refractivity contribution in [2.45, 2.75) is 12.2 Å². The van der Waals surface area contributed by atoms with Crippen molar-refractivity contribution in [1.82, 2.24) is 0 Å². The van der Waals surface area contributed by atoms with Crippen LogP contribution < -0.4 is 0 Å². The lowest BCUT2D eigenvalue weighted by atomic mass is 10.1. The SMILES string of the molecule is OCC#Cc1cc(F)cc(CSCCCO)c1. The fourth-order valence-electron chi connectivity index (χ4n) is 1.30. The van der Waals surface area contributed by atoms with E-state index in [1.165, 1.54) is 12.1 Å². The standard InChI is InChI=1S/C13H15FO2S/c14-13-8-11(3-1-4-15)7-12(9-13)10-17-6-2-5-16/h7-9,15-16H,2,4-6,10H2. The van der Waals surface area contributed by atoms with E-state index in [-0.39, 0.29) is 19.0 Å². The lowest BCUT2D eigenvalue weighted by molar-refractivity contribution is 0.296. The van der Waals surface area contributed by atoms with E-state index in [2.05, 4.69) is 11.8 Å². The number of aliphatic hydroxyl groups is 2. The van der Waals surface area contributed by atoms with Crippen molar-refractivity contribution in [3.63, 3.8) is 0 Å². The summed E-state index contributed by atoms with van der Waals surface area (Å²) in [6.07, 6.45) is 0.747. The molecule has 0 spiro atoms. The molecule has 0 aromatic heterocycles. The summed E-state index contributed by atoms with van der Waals surface area (Å²) in [4.78, 5) is 0. The molecule has 0 heterocycles. The van der Waals surface area contributed by atoms with Crippen LogP contribution in [0, 0.1) is 17.7 Å². The van der Waals surface area contributed by atoms with Crippen LogP contribution in [0.1, 0.15) is 17.5 Å². The highest BCUT2D eigenvalue weighted by Crippen LogP contribution is 2.16. The minimum Gasteiger partial charge on any atom is -0.396 e. The summed E-state index contributed by atoms with van der Waals surface area (Å²) in [6.45, 7) is -0.0412. The average molecular weight is 254 g/mol. The molecule has 92 valence electrons. The summed E-state index contributed by atoms with van der Waals surface area (Å²) < 4.78 is 13.3. The van der Waals surface area contributed by atoms with Crippen LogP contribution >= 0.6 is 11.8 Å². The Bertz CT molecular complexity index is 410. The Balaban J connectivity index is 2.62. The van der Waals surface area contributed by atoms with E-state index in [9.17, 15) is 4.39 Å². The second-order valence-electron chi connectivity index (χ2n) is 3.44. The van der Waals surface area contributed by atoms with Crippen molar-refractivity contribution in [2.75, 3.05) is 19.0 Å². The first-order valence-electron chi connectivity index (χ1n) is 5.34. The largest absolute Gasteiger partial charge is 0.396 e. The minimum absolute atomic E-state index is 0.184. The molecule has 0 radical (unpaired) electrons. The molecule has 1 aromatic rings. The van der Waals surface area contributed by atoms with Crippen LogP contribution in [0.3, 0.4) is 0 Å². The maximum absolute atomic E-state index is 13.3. The van der Waals surface area contributed by atoms with Gasteiger partial charge in [-0.05, 0) is 35.9 Å². The summed E-state index contributed by atoms with van der Waals surface area (Å²) in [5.74, 6) is 6.42. The van der Waals surface area contributed by atoms with E-state index in [4.69, 9.17) is 10.2 Å². The van der Waals surface area contributed by atoms with Crippen LogP contribution in [0.2, 0.25) is 0 Å². The third-order valence-corrected chi connectivity index (χ3v) is 3.10. The van der Waals surface area contributed by atoms with Crippen LogP contribution in [-0.2, 0) is 5.75 Å². The van der Waals surface area contributed by atoms with Crippen molar-refractivity contribution in [3.05, 3.63) is 35.1 Å². The fraction of sp³-hybridized carbons (Fsp3) is 0.385. The van der Waals surface area contributed by atoms with Gasteiger partial charge in [-0.2, -0.15) is 11.8 Å². The van der Waals surface area contributed by atoms with Gasteiger partial charge < -0.3 is 10.2 Å². The molecule has 0 fully saturated rings. The summed E-state index contributed by atoms with van der Waals surface area (Å²) in [5, 5.41) is 17.2. The molecule has 0 aliphatic carbocycles. The molecule has 0 atom stereocenters. The zero-order valence-electron chi connectivity index (χ0n) is 9.45. The molecule has 2 N–H and O–H groups in total. The smallest absolute Gasteiger partial charge is 0.124 e. The Kier molecular flexibility index (Phi) is 6.71. The maximum Gasteiger partial charge on any atom is 0.124 e. The molecule has 0 aliphatic heterocycles. The summed E-state index contributed by atoms with van der Waals surface area (Å²) in [7, 11) is 0. The van der Waals surface area contributed by atoms with Crippen LogP contribution in [0.5, 0.6) is 0 Å². The zero-order valence-corrected chi connectivity index (χ0v) is 10.3. The van der Waals surface area contributed by atoms with Crippen molar-refractivity contribution < 1.29 is 14.6 Å². The molecular formula is C13H15FO2S. The van der Waals surface area contributed by atoms with Gasteiger partial charge in [0.15, 0.2) is 0 Å². The highest BCUT2D eigenvalue weighted by Gasteiger charge is 1.99. The van der Waals surface area contributed by atoms with E-state index in [0.29, 0.717) is 11.3 Å². The van der Waals surface area contributed by atoms with Gasteiger partial charge >= 0.3 is 0 Å². The van der Waals surface area contributed by atoms with Crippen LogP contribution in [0.25, 0.3) is 0 Å². The van der Waals surface area contributed by atoms with E-state index < -0.39 is 0 Å². The van der Waals surface area contributed by atoms with Gasteiger partial charge in [0.25, 0.3) is 0 Å². The Hall–Kier alpha value is -1.02. The summed E-state index contributed by atoms with van der Waals surface area (Å²) in [5.41, 5.74) is 1.45. The molecule has 0 saturated carbocycles. The number of hydrogen-bond acceptors (Lipinski definition) is 3. The van der Waals surface area contributed by atoms with E-state index in [0.717, 1.165) is 17.7 Å². The third-order valence-electron chi connectivity index (χ3n) is 1.98. The molecule has 1 rings (SSSR count). The van der Waals surface area contributed by atoms with Gasteiger partial charge in [0.2, 0.25) is 0 Å². The van der Waals surface area contributed by atoms with Gasteiger partial charge in [0, 0.05) is 17.9 Å². The van der Waals surface area contributed by atoms with Gasteiger partial charge in [-0.1, -0.05) is 11.8 Å². The number of benzene rings is 1. The Morgan fingerprint density at radius 1 is 1.24 bits per heavy atom. The lowest BCUT2D eigenvalue weighted by Gasteiger charge is -2.02. The first-order chi connectivity index (χ1) is 8.26. The average Bonchev–Trinajstić information content (AvgIpc) is 2.31. The van der Waals surface area contributed by atoms with Crippen molar-refractivity contribution in [2.24, 2.45) is 0 Å². The Labute approximate surface area is 105 Å². The van der Waals surface area contributed by atoms with Crippen molar-refractivity contribution in [1.29, 1.82) is 0 Å². The van der Waals surface area contributed by atoms with E-state index >= 15 is 0 Å². The fourth-order valence-corrected chi connectivity index (χ4v) is 2.18. The van der Waals surface area contributed by atoms with Crippen molar-refractivity contribution in [3.8, 4) is 11.8 Å². The minimum atomic E-state index is -0.313. The predicted octanol–water partition coefficient (Wildman–Crippen LogP) is 1.79. The van der Waals surface area contributed by atoms with Crippen LogP contribution in [0.15, 0.2) is 18.2 Å². The Morgan fingerprint density at radius 3 is 2.76 bits per heavy atom. The first-order valence-corrected chi connectivity index (χ1v) is 6.49. The normalized spacial score (nSPS) is 9.82. The van der Waals surface area contributed by atoms with Gasteiger partial charge in [0.1, 0.15) is 12.4 Å². The molecule has 1 aromatic carbocycles. The molecule has 2 nitrogen and oxygen atoms in total. The summed E-state index contributed by atoms with van der Waals surface area (Å²) in [6, 6.07) is 4.65. The predicted molar refractivity (Wildman–Crippen MR) is 68.2 cm³/mol. The van der Waals surface area contributed by atoms with E-state index in [1.807, 2.05) is 6.07 Å². The zero-order chi connectivity index (χ0) is 12.5. The monoisotopic (exact) mass is 254 g/mol. The second-order valence-corrected chi connectivity index (χ2v) is 4.54. The number of hydrogen-bond donors (Lipinski definition) is 2. The Morgan fingerprint density at radius 2 is 2.06 bits per heavy atom. The molecule has 0 amide bonds. The van der Waals surface area contributed by atoms with Gasteiger partial charge in [0.05, 0.1) is 0 Å². The quantitative estimate of drug-likeness (QED) is 0.621. The second kappa shape index (κ2) is 8.13. The molecule has 0 unspecified atom stereocenters. The molecular weight excluding hydrogens is 239 g/mol. The first kappa shape index (κ1) is 14.0. The molecule has 0 aliphatic rings. The molecule has 4 heteroatoms. The topological polar surface area (TPSA) is 40.5 Å². The number of halogens is 1. The highest BCUT2D eigenvalue weighted by atomic mass is 32.2. The number of aliphatic hydroxyl groups excluding tert-OH is 2. The molecule has 0 saturated heterocycles. The van der Waals surface area contributed by atoms with Crippen molar-refractivity contribution >= 4 is 11.8 Å². The highest BCUT2D eigenvalue weighted by molar-refractivity contribution is 7.98. The van der Waals surface area contributed by atoms with Gasteiger partial charge in [-0.3, -0.25) is 0 Å². The lowest BCUT2D eigenvalue weighted by Crippen LogP contribution is -1.90. The van der Waals surface area contributed by atoms with E-state index in [1.54, 1.807) is 11.8 Å². The van der Waals surface area contributed by atoms with Crippen LogP contribution in [0.4, 0.5) is 4.39 Å². The number of rotatable bonds is 5.